The third-order valence-electron chi connectivity index (χ3n) is 1.98. The van der Waals surface area contributed by atoms with Gasteiger partial charge >= 0.3 is 0 Å². The van der Waals surface area contributed by atoms with Crippen LogP contribution in [0.3, 0.4) is 0 Å². The first-order valence-electron chi connectivity index (χ1n) is 4.56. The highest BCUT2D eigenvalue weighted by molar-refractivity contribution is 9.09. The fraction of sp³-hybridized carbons (Fsp3) is 0.364. The smallest absolute Gasteiger partial charge is 0.225 e. The van der Waals surface area contributed by atoms with Crippen LogP contribution in [-0.2, 0) is 4.79 Å². The van der Waals surface area contributed by atoms with E-state index in [0.29, 0.717) is 11.8 Å². The Kier molecular flexibility index (Phi) is 4.14. The third-order valence-corrected chi connectivity index (χ3v) is 2.37. The summed E-state index contributed by atoms with van der Waals surface area (Å²) in [5.74, 6) is 0.0498. The zero-order valence-electron chi connectivity index (χ0n) is 8.43. The van der Waals surface area contributed by atoms with Crippen molar-refractivity contribution in [3.05, 3.63) is 29.3 Å². The Balaban J connectivity index is 2.72. The van der Waals surface area contributed by atoms with Crippen LogP contribution in [0.1, 0.15) is 17.5 Å². The molecule has 3 heteroatoms. The van der Waals surface area contributed by atoms with Crippen LogP contribution >= 0.6 is 15.9 Å². The summed E-state index contributed by atoms with van der Waals surface area (Å²) < 4.78 is 0. The van der Waals surface area contributed by atoms with Crippen LogP contribution in [-0.4, -0.2) is 11.2 Å². The normalized spacial score (nSPS) is 9.93. The first kappa shape index (κ1) is 11.2. The maximum atomic E-state index is 11.3. The number of carbonyl (C=O) groups is 1. The Morgan fingerprint density at radius 1 is 1.43 bits per heavy atom. The number of benzene rings is 1. The topological polar surface area (TPSA) is 29.1 Å². The SMILES string of the molecule is Cc1ccc(NC(=O)CCBr)c(C)c1. The average molecular weight is 256 g/mol. The summed E-state index contributed by atoms with van der Waals surface area (Å²) in [5, 5.41) is 3.57. The molecule has 0 aliphatic rings. The largest absolute Gasteiger partial charge is 0.326 e. The quantitative estimate of drug-likeness (QED) is 0.827. The zero-order valence-corrected chi connectivity index (χ0v) is 10.0. The van der Waals surface area contributed by atoms with Gasteiger partial charge in [0.1, 0.15) is 0 Å². The van der Waals surface area contributed by atoms with Gasteiger partial charge in [0.25, 0.3) is 0 Å². The Hall–Kier alpha value is -0.830. The average Bonchev–Trinajstić information content (AvgIpc) is 2.10. The van der Waals surface area contributed by atoms with Crippen molar-refractivity contribution in [3.8, 4) is 0 Å². The number of rotatable bonds is 3. The van der Waals surface area contributed by atoms with E-state index < -0.39 is 0 Å². The van der Waals surface area contributed by atoms with E-state index in [1.165, 1.54) is 5.56 Å². The van der Waals surface area contributed by atoms with Crippen LogP contribution in [0.5, 0.6) is 0 Å². The Morgan fingerprint density at radius 2 is 2.14 bits per heavy atom. The highest BCUT2D eigenvalue weighted by atomic mass is 79.9. The summed E-state index contributed by atoms with van der Waals surface area (Å²) >= 11 is 3.23. The third kappa shape index (κ3) is 3.14. The van der Waals surface area contributed by atoms with Crippen molar-refractivity contribution in [2.24, 2.45) is 0 Å². The molecule has 0 atom stereocenters. The lowest BCUT2D eigenvalue weighted by Crippen LogP contribution is -2.12. The predicted octanol–water partition coefficient (Wildman–Crippen LogP) is 3.03. The van der Waals surface area contributed by atoms with Gasteiger partial charge in [-0.3, -0.25) is 4.79 Å². The van der Waals surface area contributed by atoms with E-state index in [9.17, 15) is 4.79 Å². The molecular weight excluding hydrogens is 242 g/mol. The van der Waals surface area contributed by atoms with Gasteiger partial charge in [-0.05, 0) is 25.5 Å². The van der Waals surface area contributed by atoms with Crippen LogP contribution in [0.25, 0.3) is 0 Å². The van der Waals surface area contributed by atoms with E-state index in [0.717, 1.165) is 11.3 Å². The second kappa shape index (κ2) is 5.15. The molecule has 76 valence electrons. The number of nitrogens with one attached hydrogen (secondary N) is 1. The van der Waals surface area contributed by atoms with E-state index in [2.05, 4.69) is 27.3 Å². The molecule has 0 bridgehead atoms. The molecule has 0 aliphatic carbocycles. The summed E-state index contributed by atoms with van der Waals surface area (Å²) in [6, 6.07) is 6.00. The second-order valence-electron chi connectivity index (χ2n) is 3.31. The van der Waals surface area contributed by atoms with Gasteiger partial charge in [0.15, 0.2) is 0 Å². The highest BCUT2D eigenvalue weighted by Crippen LogP contribution is 2.16. The number of hydrogen-bond acceptors (Lipinski definition) is 1. The van der Waals surface area contributed by atoms with Crippen molar-refractivity contribution in [1.29, 1.82) is 0 Å². The lowest BCUT2D eigenvalue weighted by Gasteiger charge is -2.08. The van der Waals surface area contributed by atoms with E-state index in [-0.39, 0.29) is 5.91 Å². The van der Waals surface area contributed by atoms with Crippen molar-refractivity contribution in [1.82, 2.24) is 0 Å². The van der Waals surface area contributed by atoms with Gasteiger partial charge in [-0.1, -0.05) is 33.6 Å². The van der Waals surface area contributed by atoms with Gasteiger partial charge in [0, 0.05) is 17.4 Å². The molecule has 1 aromatic carbocycles. The van der Waals surface area contributed by atoms with E-state index in [1.54, 1.807) is 0 Å². The summed E-state index contributed by atoms with van der Waals surface area (Å²) in [6.07, 6.45) is 0.507. The first-order chi connectivity index (χ1) is 6.63. The van der Waals surface area contributed by atoms with Crippen molar-refractivity contribution < 1.29 is 4.79 Å². The number of aryl methyl sites for hydroxylation is 2. The molecule has 0 spiro atoms. The van der Waals surface area contributed by atoms with Gasteiger partial charge in [0.05, 0.1) is 0 Å². The minimum atomic E-state index is 0.0498. The molecule has 0 aliphatic heterocycles. The highest BCUT2D eigenvalue weighted by Gasteiger charge is 2.03. The lowest BCUT2D eigenvalue weighted by atomic mass is 10.1. The van der Waals surface area contributed by atoms with E-state index >= 15 is 0 Å². The molecule has 0 aromatic heterocycles. The molecule has 0 heterocycles. The number of anilines is 1. The molecule has 1 aromatic rings. The predicted molar refractivity (Wildman–Crippen MR) is 63.0 cm³/mol. The van der Waals surface area contributed by atoms with E-state index in [1.807, 2.05) is 26.0 Å². The Bertz CT molecular complexity index is 336. The van der Waals surface area contributed by atoms with Crippen LogP contribution in [0.2, 0.25) is 0 Å². The zero-order chi connectivity index (χ0) is 10.6. The molecule has 0 radical (unpaired) electrons. The fourth-order valence-corrected chi connectivity index (χ4v) is 1.61. The van der Waals surface area contributed by atoms with Crippen molar-refractivity contribution in [2.45, 2.75) is 20.3 Å². The van der Waals surface area contributed by atoms with Gasteiger partial charge in [-0.2, -0.15) is 0 Å². The van der Waals surface area contributed by atoms with Gasteiger partial charge in [0.2, 0.25) is 5.91 Å². The minimum Gasteiger partial charge on any atom is -0.326 e. The van der Waals surface area contributed by atoms with Gasteiger partial charge in [-0.15, -0.1) is 0 Å². The number of amides is 1. The van der Waals surface area contributed by atoms with Crippen molar-refractivity contribution in [2.75, 3.05) is 10.6 Å². The number of hydrogen-bond donors (Lipinski definition) is 1. The Morgan fingerprint density at radius 3 is 2.71 bits per heavy atom. The molecule has 0 unspecified atom stereocenters. The maximum Gasteiger partial charge on any atom is 0.225 e. The van der Waals surface area contributed by atoms with Crippen LogP contribution < -0.4 is 5.32 Å². The lowest BCUT2D eigenvalue weighted by molar-refractivity contribution is -0.115. The molecule has 14 heavy (non-hydrogen) atoms. The fourth-order valence-electron chi connectivity index (χ4n) is 1.25. The van der Waals surface area contributed by atoms with E-state index in [4.69, 9.17) is 0 Å². The molecule has 0 saturated heterocycles. The van der Waals surface area contributed by atoms with Gasteiger partial charge in [-0.25, -0.2) is 0 Å². The van der Waals surface area contributed by atoms with Crippen LogP contribution in [0.15, 0.2) is 18.2 Å². The van der Waals surface area contributed by atoms with Crippen LogP contribution in [0, 0.1) is 13.8 Å². The van der Waals surface area contributed by atoms with Crippen LogP contribution in [0.4, 0.5) is 5.69 Å². The second-order valence-corrected chi connectivity index (χ2v) is 4.10. The minimum absolute atomic E-state index is 0.0498. The maximum absolute atomic E-state index is 11.3. The molecule has 1 N–H and O–H groups in total. The van der Waals surface area contributed by atoms with Crippen molar-refractivity contribution >= 4 is 27.5 Å². The van der Waals surface area contributed by atoms with Gasteiger partial charge < -0.3 is 5.32 Å². The summed E-state index contributed by atoms with van der Waals surface area (Å²) in [4.78, 5) is 11.3. The Labute approximate surface area is 92.8 Å². The molecule has 1 amide bonds. The summed E-state index contributed by atoms with van der Waals surface area (Å²) in [7, 11) is 0. The molecule has 2 nitrogen and oxygen atoms in total. The summed E-state index contributed by atoms with van der Waals surface area (Å²) in [5.41, 5.74) is 3.22. The molecule has 1 rings (SSSR count). The number of carbonyl (C=O) groups excluding carboxylic acids is 1. The molecule has 0 fully saturated rings. The standard InChI is InChI=1S/C11H14BrNO/c1-8-3-4-10(9(2)7-8)13-11(14)5-6-12/h3-4,7H,5-6H2,1-2H3,(H,13,14). The number of alkyl halides is 1. The monoisotopic (exact) mass is 255 g/mol. The number of halogens is 1. The first-order valence-corrected chi connectivity index (χ1v) is 5.68. The molecular formula is C11H14BrNO. The summed E-state index contributed by atoms with van der Waals surface area (Å²) in [6.45, 7) is 4.04. The van der Waals surface area contributed by atoms with Crippen molar-refractivity contribution in [3.63, 3.8) is 0 Å². The molecule has 0 saturated carbocycles.